The van der Waals surface area contributed by atoms with E-state index < -0.39 is 0 Å². The van der Waals surface area contributed by atoms with Crippen LogP contribution in [-0.2, 0) is 0 Å². The molecule has 122 valence electrons. The molecule has 0 aliphatic carbocycles. The molecule has 5 heteroatoms. The number of pyridine rings is 1. The second-order valence-electron chi connectivity index (χ2n) is 5.76. The minimum absolute atomic E-state index is 0.170. The molecule has 3 aromatic rings. The average molecular weight is 320 g/mol. The van der Waals surface area contributed by atoms with E-state index in [2.05, 4.69) is 41.3 Å². The molecule has 1 atom stereocenters. The van der Waals surface area contributed by atoms with Crippen molar-refractivity contribution < 1.29 is 4.79 Å². The van der Waals surface area contributed by atoms with Crippen LogP contribution in [0.2, 0.25) is 0 Å². The molecule has 1 aromatic carbocycles. The predicted octanol–water partition coefficient (Wildman–Crippen LogP) is 4.03. The van der Waals surface area contributed by atoms with E-state index in [1.165, 1.54) is 5.56 Å². The summed E-state index contributed by atoms with van der Waals surface area (Å²) >= 11 is 0. The summed E-state index contributed by atoms with van der Waals surface area (Å²) in [5.74, 6) is 1.08. The van der Waals surface area contributed by atoms with Crippen LogP contribution in [0.1, 0.15) is 42.1 Å². The molecule has 1 amide bonds. The fourth-order valence-electron chi connectivity index (χ4n) is 2.40. The molecular formula is C19H20N4O. The summed E-state index contributed by atoms with van der Waals surface area (Å²) in [5.41, 5.74) is 2.58. The van der Waals surface area contributed by atoms with Gasteiger partial charge in [0.05, 0.1) is 5.56 Å². The smallest absolute Gasteiger partial charge is 0.257 e. The first-order valence-electron chi connectivity index (χ1n) is 8.03. The van der Waals surface area contributed by atoms with Gasteiger partial charge in [-0.15, -0.1) is 0 Å². The van der Waals surface area contributed by atoms with Crippen molar-refractivity contribution >= 4 is 11.6 Å². The van der Waals surface area contributed by atoms with Gasteiger partial charge in [0.25, 0.3) is 5.91 Å². The third-order valence-corrected chi connectivity index (χ3v) is 4.13. The third kappa shape index (κ3) is 3.51. The van der Waals surface area contributed by atoms with Crippen LogP contribution < -0.4 is 5.32 Å². The monoisotopic (exact) mass is 320 g/mol. The quantitative estimate of drug-likeness (QED) is 0.772. The first kappa shape index (κ1) is 15.9. The van der Waals surface area contributed by atoms with Crippen molar-refractivity contribution in [1.82, 2.24) is 14.5 Å². The van der Waals surface area contributed by atoms with Crippen LogP contribution in [0.25, 0.3) is 5.82 Å². The molecule has 2 aromatic heterocycles. The molecule has 0 fully saturated rings. The maximum Gasteiger partial charge on any atom is 0.257 e. The lowest BCUT2D eigenvalue weighted by Gasteiger charge is -2.10. The molecule has 1 unspecified atom stereocenters. The Morgan fingerprint density at radius 1 is 1.21 bits per heavy atom. The Bertz CT molecular complexity index is 792. The Labute approximate surface area is 141 Å². The van der Waals surface area contributed by atoms with Crippen molar-refractivity contribution in [3.8, 4) is 5.82 Å². The number of hydrogen-bond acceptors (Lipinski definition) is 3. The number of rotatable bonds is 5. The predicted molar refractivity (Wildman–Crippen MR) is 94.5 cm³/mol. The number of amides is 1. The molecule has 0 saturated carbocycles. The highest BCUT2D eigenvalue weighted by Gasteiger charge is 2.08. The first-order valence-corrected chi connectivity index (χ1v) is 8.03. The van der Waals surface area contributed by atoms with Gasteiger partial charge in [0.15, 0.2) is 0 Å². The standard InChI is InChI=1S/C19H20N4O/c1-3-14(2)15-4-7-17(8-5-15)22-19(24)16-6-9-18(21-12-16)23-11-10-20-13-23/h4-14H,3H2,1-2H3,(H,22,24). The van der Waals surface area contributed by atoms with Crippen LogP contribution in [0.5, 0.6) is 0 Å². The van der Waals surface area contributed by atoms with Gasteiger partial charge in [-0.1, -0.05) is 26.0 Å². The molecule has 0 aliphatic rings. The molecule has 0 aliphatic heterocycles. The normalized spacial score (nSPS) is 11.9. The molecule has 1 N–H and O–H groups in total. The SMILES string of the molecule is CCC(C)c1ccc(NC(=O)c2ccc(-n3ccnc3)nc2)cc1. The number of carbonyl (C=O) groups is 1. The minimum atomic E-state index is -0.170. The largest absolute Gasteiger partial charge is 0.322 e. The summed E-state index contributed by atoms with van der Waals surface area (Å²) in [7, 11) is 0. The Hall–Kier alpha value is -2.95. The van der Waals surface area contributed by atoms with Crippen molar-refractivity contribution in [3.63, 3.8) is 0 Å². The molecule has 24 heavy (non-hydrogen) atoms. The Balaban J connectivity index is 1.68. The average Bonchev–Trinajstić information content (AvgIpc) is 3.16. The molecule has 5 nitrogen and oxygen atoms in total. The van der Waals surface area contributed by atoms with Crippen LogP contribution >= 0.6 is 0 Å². The van der Waals surface area contributed by atoms with Gasteiger partial charge < -0.3 is 5.32 Å². The molecule has 0 radical (unpaired) electrons. The summed E-state index contributed by atoms with van der Waals surface area (Å²) in [4.78, 5) is 20.6. The summed E-state index contributed by atoms with van der Waals surface area (Å²) in [5, 5.41) is 2.90. The van der Waals surface area contributed by atoms with Crippen molar-refractivity contribution in [1.29, 1.82) is 0 Å². The van der Waals surface area contributed by atoms with Crippen LogP contribution in [0.3, 0.4) is 0 Å². The lowest BCUT2D eigenvalue weighted by atomic mass is 9.98. The topological polar surface area (TPSA) is 59.8 Å². The van der Waals surface area contributed by atoms with E-state index in [1.807, 2.05) is 12.1 Å². The highest BCUT2D eigenvalue weighted by atomic mass is 16.1. The zero-order chi connectivity index (χ0) is 16.9. The number of anilines is 1. The number of aromatic nitrogens is 3. The van der Waals surface area contributed by atoms with E-state index in [4.69, 9.17) is 0 Å². The van der Waals surface area contributed by atoms with Crippen molar-refractivity contribution in [2.75, 3.05) is 5.32 Å². The molecule has 3 rings (SSSR count). The van der Waals surface area contributed by atoms with Crippen LogP contribution in [0.4, 0.5) is 5.69 Å². The van der Waals surface area contributed by atoms with E-state index in [1.54, 1.807) is 41.6 Å². The maximum absolute atomic E-state index is 12.3. The fourth-order valence-corrected chi connectivity index (χ4v) is 2.40. The number of carbonyl (C=O) groups excluding carboxylic acids is 1. The summed E-state index contributed by atoms with van der Waals surface area (Å²) in [6, 6.07) is 11.5. The van der Waals surface area contributed by atoms with Gasteiger partial charge >= 0.3 is 0 Å². The van der Waals surface area contributed by atoms with E-state index >= 15 is 0 Å². The van der Waals surface area contributed by atoms with Crippen molar-refractivity contribution in [2.24, 2.45) is 0 Å². The maximum atomic E-state index is 12.3. The van der Waals surface area contributed by atoms with Gasteiger partial charge in [-0.2, -0.15) is 0 Å². The molecule has 0 saturated heterocycles. The second kappa shape index (κ2) is 7.08. The van der Waals surface area contributed by atoms with Crippen LogP contribution in [-0.4, -0.2) is 20.4 Å². The van der Waals surface area contributed by atoms with E-state index in [0.717, 1.165) is 17.9 Å². The van der Waals surface area contributed by atoms with E-state index in [0.29, 0.717) is 11.5 Å². The zero-order valence-electron chi connectivity index (χ0n) is 13.8. The number of nitrogens with one attached hydrogen (secondary N) is 1. The molecular weight excluding hydrogens is 300 g/mol. The van der Waals surface area contributed by atoms with Gasteiger partial charge in [-0.3, -0.25) is 9.36 Å². The third-order valence-electron chi connectivity index (χ3n) is 4.13. The summed E-state index contributed by atoms with van der Waals surface area (Å²) in [6.07, 6.45) is 7.83. The summed E-state index contributed by atoms with van der Waals surface area (Å²) < 4.78 is 1.79. The van der Waals surface area contributed by atoms with E-state index in [-0.39, 0.29) is 5.91 Å². The highest BCUT2D eigenvalue weighted by Crippen LogP contribution is 2.20. The Morgan fingerprint density at radius 2 is 2.00 bits per heavy atom. The van der Waals surface area contributed by atoms with Gasteiger partial charge in [0.2, 0.25) is 0 Å². The van der Waals surface area contributed by atoms with Crippen LogP contribution in [0.15, 0.2) is 61.3 Å². The van der Waals surface area contributed by atoms with Gasteiger partial charge in [-0.25, -0.2) is 9.97 Å². The fraction of sp³-hybridized carbons (Fsp3) is 0.211. The van der Waals surface area contributed by atoms with Gasteiger partial charge in [-0.05, 0) is 42.2 Å². The summed E-state index contributed by atoms with van der Waals surface area (Å²) in [6.45, 7) is 4.36. The zero-order valence-corrected chi connectivity index (χ0v) is 13.8. The Morgan fingerprint density at radius 3 is 2.58 bits per heavy atom. The lowest BCUT2D eigenvalue weighted by molar-refractivity contribution is 0.102. The Kier molecular flexibility index (Phi) is 4.70. The number of imidazole rings is 1. The number of benzene rings is 1. The van der Waals surface area contributed by atoms with Gasteiger partial charge in [0.1, 0.15) is 12.1 Å². The van der Waals surface area contributed by atoms with Crippen molar-refractivity contribution in [2.45, 2.75) is 26.2 Å². The number of nitrogens with zero attached hydrogens (tertiary/aromatic N) is 3. The first-order chi connectivity index (χ1) is 11.7. The van der Waals surface area contributed by atoms with E-state index in [9.17, 15) is 4.79 Å². The van der Waals surface area contributed by atoms with Gasteiger partial charge in [0, 0.05) is 24.3 Å². The molecule has 0 bridgehead atoms. The highest BCUT2D eigenvalue weighted by molar-refractivity contribution is 6.04. The molecule has 0 spiro atoms. The lowest BCUT2D eigenvalue weighted by Crippen LogP contribution is -2.12. The molecule has 2 heterocycles. The minimum Gasteiger partial charge on any atom is -0.322 e. The second-order valence-corrected chi connectivity index (χ2v) is 5.76. The van der Waals surface area contributed by atoms with Crippen molar-refractivity contribution in [3.05, 3.63) is 72.4 Å². The number of hydrogen-bond donors (Lipinski definition) is 1. The van der Waals surface area contributed by atoms with Crippen LogP contribution in [0, 0.1) is 0 Å².